The van der Waals surface area contributed by atoms with Crippen molar-refractivity contribution in [1.82, 2.24) is 0 Å². The van der Waals surface area contributed by atoms with Gasteiger partial charge in [0.25, 0.3) is 0 Å². The molecule has 4 rings (SSSR count). The fourth-order valence-electron chi connectivity index (χ4n) is 5.85. The fourth-order valence-corrected chi connectivity index (χ4v) is 5.85. The first-order chi connectivity index (χ1) is 11.4. The van der Waals surface area contributed by atoms with Gasteiger partial charge in [0.1, 0.15) is 5.75 Å². The number of piperidine rings is 1. The summed E-state index contributed by atoms with van der Waals surface area (Å²) in [5.74, 6) is 0.847. The van der Waals surface area contributed by atoms with Gasteiger partial charge in [-0.2, -0.15) is 0 Å². The van der Waals surface area contributed by atoms with E-state index in [2.05, 4.69) is 13.1 Å². The van der Waals surface area contributed by atoms with Gasteiger partial charge >= 0.3 is 5.97 Å². The maximum atomic E-state index is 11.4. The molecule has 24 heavy (non-hydrogen) atoms. The van der Waals surface area contributed by atoms with Crippen LogP contribution in [0.3, 0.4) is 0 Å². The van der Waals surface area contributed by atoms with Gasteiger partial charge in [0.2, 0.25) is 6.73 Å². The quantitative estimate of drug-likeness (QED) is 0.669. The van der Waals surface area contributed by atoms with Crippen LogP contribution >= 0.6 is 0 Å². The van der Waals surface area contributed by atoms with E-state index in [1.165, 1.54) is 43.7 Å². The summed E-state index contributed by atoms with van der Waals surface area (Å²) < 4.78 is 6.29. The number of phenols is 1. The van der Waals surface area contributed by atoms with Crippen LogP contribution in [0, 0.1) is 5.92 Å². The second-order valence-corrected chi connectivity index (χ2v) is 8.34. The Labute approximate surface area is 144 Å². The molecule has 0 aromatic heterocycles. The second kappa shape index (κ2) is 5.48. The van der Waals surface area contributed by atoms with Gasteiger partial charge in [-0.15, -0.1) is 0 Å². The molecule has 1 aromatic carbocycles. The molecule has 4 atom stereocenters. The lowest BCUT2D eigenvalue weighted by atomic mass is 9.52. The average molecular weight is 330 g/mol. The van der Waals surface area contributed by atoms with Crippen molar-refractivity contribution in [3.8, 4) is 5.75 Å². The van der Waals surface area contributed by atoms with Crippen molar-refractivity contribution >= 4 is 5.97 Å². The highest BCUT2D eigenvalue weighted by molar-refractivity contribution is 5.65. The van der Waals surface area contributed by atoms with Gasteiger partial charge in [-0.05, 0) is 36.1 Å². The molecule has 0 amide bonds. The number of aromatic hydroxyl groups is 1. The van der Waals surface area contributed by atoms with Gasteiger partial charge in [0, 0.05) is 31.1 Å². The predicted octanol–water partition coefficient (Wildman–Crippen LogP) is 3.12. The highest BCUT2D eigenvalue weighted by Crippen LogP contribution is 2.57. The van der Waals surface area contributed by atoms with Crippen LogP contribution in [0.15, 0.2) is 18.2 Å². The maximum absolute atomic E-state index is 11.4. The van der Waals surface area contributed by atoms with Crippen LogP contribution in [0.1, 0.15) is 50.2 Å². The third-order valence-corrected chi connectivity index (χ3v) is 7.05. The Hall–Kier alpha value is -1.55. The molecule has 2 fully saturated rings. The first-order valence-corrected chi connectivity index (χ1v) is 9.25. The van der Waals surface area contributed by atoms with E-state index in [4.69, 9.17) is 4.74 Å². The summed E-state index contributed by atoms with van der Waals surface area (Å²) in [6.45, 7) is 3.03. The minimum atomic E-state index is -0.184. The summed E-state index contributed by atoms with van der Waals surface area (Å²) >= 11 is 0. The standard InChI is InChI=1S/C20H27NO3/c1-14(22)24-13-21(2)10-9-20-8-4-3-5-17(20)19(21)11-15-6-7-16(23)12-18(15)20/h6-7,12,17,19H,3-5,8-11,13H2,1-2H3/p+1/t17-,19?,20+,21+/m1/s1. The Kier molecular flexibility index (Phi) is 3.64. The SMILES string of the molecule is CC(=O)OC[N@+]1(C)CC[C@@]23CCCC[C@@H]2C1Cc1ccc(O)cc13. The molecule has 4 nitrogen and oxygen atoms in total. The van der Waals surface area contributed by atoms with E-state index < -0.39 is 0 Å². The Morgan fingerprint density at radius 3 is 3.00 bits per heavy atom. The van der Waals surface area contributed by atoms with Crippen molar-refractivity contribution in [3.05, 3.63) is 29.3 Å². The summed E-state index contributed by atoms with van der Waals surface area (Å²) in [4.78, 5) is 11.4. The Morgan fingerprint density at radius 1 is 1.38 bits per heavy atom. The van der Waals surface area contributed by atoms with Gasteiger partial charge in [0.15, 0.2) is 0 Å². The largest absolute Gasteiger partial charge is 0.508 e. The fraction of sp³-hybridized carbons (Fsp3) is 0.650. The van der Waals surface area contributed by atoms with Crippen molar-refractivity contribution in [2.75, 3.05) is 20.3 Å². The average Bonchev–Trinajstić information content (AvgIpc) is 2.57. The van der Waals surface area contributed by atoms with Crippen molar-refractivity contribution < 1.29 is 19.1 Å². The van der Waals surface area contributed by atoms with Gasteiger partial charge in [0.05, 0.1) is 19.6 Å². The first-order valence-electron chi connectivity index (χ1n) is 9.25. The van der Waals surface area contributed by atoms with Crippen LogP contribution in [0.25, 0.3) is 0 Å². The topological polar surface area (TPSA) is 46.5 Å². The minimum absolute atomic E-state index is 0.184. The molecule has 1 unspecified atom stereocenters. The van der Waals surface area contributed by atoms with Gasteiger partial charge in [-0.1, -0.05) is 18.9 Å². The van der Waals surface area contributed by atoms with Crippen molar-refractivity contribution in [3.63, 3.8) is 0 Å². The Balaban J connectivity index is 1.77. The van der Waals surface area contributed by atoms with Crippen LogP contribution in [0.2, 0.25) is 0 Å². The number of likely N-dealkylation sites (N-methyl/N-ethyl adjacent to an activating group) is 1. The number of ether oxygens (including phenoxy) is 1. The molecule has 2 bridgehead atoms. The highest BCUT2D eigenvalue weighted by Gasteiger charge is 2.59. The molecule has 1 aliphatic heterocycles. The van der Waals surface area contributed by atoms with Crippen LogP contribution in [-0.2, 0) is 21.4 Å². The molecule has 3 aliphatic rings. The maximum Gasteiger partial charge on any atom is 0.306 e. The molecule has 0 spiro atoms. The monoisotopic (exact) mass is 330 g/mol. The molecular formula is C20H28NO3+. The summed E-state index contributed by atoms with van der Waals surface area (Å²) in [6.07, 6.45) is 7.23. The number of nitrogens with zero attached hydrogens (tertiary/aromatic N) is 1. The second-order valence-electron chi connectivity index (χ2n) is 8.34. The number of quaternary nitrogens is 1. The molecule has 1 heterocycles. The number of fused-ring (bicyclic) bond motifs is 1. The van der Waals surface area contributed by atoms with Crippen molar-refractivity contribution in [2.45, 2.75) is 56.9 Å². The van der Waals surface area contributed by atoms with Gasteiger partial charge in [-0.25, -0.2) is 0 Å². The minimum Gasteiger partial charge on any atom is -0.508 e. The van der Waals surface area contributed by atoms with E-state index in [0.717, 1.165) is 23.9 Å². The zero-order valence-electron chi connectivity index (χ0n) is 14.8. The summed E-state index contributed by atoms with van der Waals surface area (Å²) in [6, 6.07) is 6.48. The lowest BCUT2D eigenvalue weighted by molar-refractivity contribution is -0.959. The van der Waals surface area contributed by atoms with E-state index in [0.29, 0.717) is 24.4 Å². The van der Waals surface area contributed by atoms with Crippen LogP contribution in [0.5, 0.6) is 5.75 Å². The smallest absolute Gasteiger partial charge is 0.306 e. The molecule has 4 heteroatoms. The molecule has 1 aromatic rings. The third-order valence-electron chi connectivity index (χ3n) is 7.05. The first kappa shape index (κ1) is 15.9. The van der Waals surface area contributed by atoms with Crippen LogP contribution < -0.4 is 0 Å². The van der Waals surface area contributed by atoms with E-state index in [9.17, 15) is 9.90 Å². The van der Waals surface area contributed by atoms with Crippen LogP contribution in [-0.4, -0.2) is 41.9 Å². The predicted molar refractivity (Wildman–Crippen MR) is 91.5 cm³/mol. The molecule has 0 radical (unpaired) electrons. The summed E-state index contributed by atoms with van der Waals surface area (Å²) in [7, 11) is 2.26. The normalized spacial score (nSPS) is 37.2. The molecule has 1 N–H and O–H groups in total. The lowest BCUT2D eigenvalue weighted by Gasteiger charge is -2.60. The number of hydrogen-bond donors (Lipinski definition) is 1. The summed E-state index contributed by atoms with van der Waals surface area (Å²) in [5.41, 5.74) is 3.02. The molecular weight excluding hydrogens is 302 g/mol. The number of esters is 1. The Bertz CT molecular complexity index is 673. The van der Waals surface area contributed by atoms with Gasteiger partial charge in [-0.3, -0.25) is 9.28 Å². The van der Waals surface area contributed by atoms with Crippen LogP contribution in [0.4, 0.5) is 0 Å². The molecule has 1 saturated carbocycles. The molecule has 1 saturated heterocycles. The number of likely N-dealkylation sites (tertiary alicyclic amines) is 1. The summed E-state index contributed by atoms with van der Waals surface area (Å²) in [5, 5.41) is 10.1. The van der Waals surface area contributed by atoms with E-state index in [1.807, 2.05) is 12.1 Å². The number of carbonyl (C=O) groups is 1. The molecule has 2 aliphatic carbocycles. The van der Waals surface area contributed by atoms with E-state index in [1.54, 1.807) is 0 Å². The highest BCUT2D eigenvalue weighted by atomic mass is 16.5. The van der Waals surface area contributed by atoms with Crippen molar-refractivity contribution in [2.24, 2.45) is 5.92 Å². The number of rotatable bonds is 2. The number of benzene rings is 1. The van der Waals surface area contributed by atoms with E-state index in [-0.39, 0.29) is 11.4 Å². The zero-order chi connectivity index (χ0) is 16.9. The van der Waals surface area contributed by atoms with Crippen molar-refractivity contribution in [1.29, 1.82) is 0 Å². The number of hydrogen-bond acceptors (Lipinski definition) is 3. The number of carbonyl (C=O) groups excluding carboxylic acids is 1. The third kappa shape index (κ3) is 2.26. The lowest BCUT2D eigenvalue weighted by Crippen LogP contribution is -2.69. The van der Waals surface area contributed by atoms with E-state index >= 15 is 0 Å². The van der Waals surface area contributed by atoms with Gasteiger partial charge < -0.3 is 9.84 Å². The zero-order valence-corrected chi connectivity index (χ0v) is 14.8. The Morgan fingerprint density at radius 2 is 2.21 bits per heavy atom. The number of phenolic OH excluding ortho intramolecular Hbond substituents is 1. The molecule has 130 valence electrons.